The zero-order chi connectivity index (χ0) is 46.3. The fraction of sp³-hybridized carbons (Fsp3) is 0.605. The van der Waals surface area contributed by atoms with Gasteiger partial charge in [-0.15, -0.1) is 0 Å². The lowest BCUT2D eigenvalue weighted by atomic mass is 10.0. The van der Waals surface area contributed by atoms with E-state index in [0.29, 0.717) is 17.7 Å². The summed E-state index contributed by atoms with van der Waals surface area (Å²) in [5, 5.41) is 23.5. The van der Waals surface area contributed by atoms with Gasteiger partial charge < -0.3 is 52.2 Å². The first-order valence-electron chi connectivity index (χ1n) is 19.6. The Morgan fingerprint density at radius 1 is 0.754 bits per heavy atom. The number of carboxylic acid groups (broad SMARTS) is 1. The average Bonchev–Trinajstić information content (AvgIpc) is 3.17. The number of hydrogen-bond acceptors (Lipinski definition) is 13. The van der Waals surface area contributed by atoms with Gasteiger partial charge in [0.1, 0.15) is 42.3 Å². The van der Waals surface area contributed by atoms with Crippen molar-refractivity contribution >= 4 is 69.1 Å². The number of esters is 1. The van der Waals surface area contributed by atoms with Crippen molar-refractivity contribution in [3.05, 3.63) is 29.8 Å². The first-order valence-corrected chi connectivity index (χ1v) is 21.2. The van der Waals surface area contributed by atoms with Gasteiger partial charge in [-0.25, -0.2) is 4.79 Å². The second-order valence-corrected chi connectivity index (χ2v) is 16.0. The van der Waals surface area contributed by atoms with Gasteiger partial charge in [0.15, 0.2) is 0 Å². The van der Waals surface area contributed by atoms with Gasteiger partial charge in [-0.1, -0.05) is 46.8 Å². The number of rotatable bonds is 29. The van der Waals surface area contributed by atoms with Crippen LogP contribution in [-0.4, -0.2) is 121 Å². The number of hydrogen-bond donors (Lipinski definition) is 9. The van der Waals surface area contributed by atoms with Gasteiger partial charge in [-0.3, -0.25) is 42.9 Å². The molecule has 0 aliphatic heterocycles. The molecule has 23 heteroatoms. The van der Waals surface area contributed by atoms with Gasteiger partial charge >= 0.3 is 18.0 Å². The molecule has 0 aliphatic rings. The Bertz CT molecular complexity index is 1790. The van der Waals surface area contributed by atoms with Crippen molar-refractivity contribution in [2.24, 2.45) is 17.6 Å². The van der Waals surface area contributed by atoms with Crippen LogP contribution < -0.4 is 37.6 Å². The summed E-state index contributed by atoms with van der Waals surface area (Å²) in [6.45, 7) is 8.00. The molecule has 1 aromatic carbocycles. The van der Waals surface area contributed by atoms with Gasteiger partial charge in [0.2, 0.25) is 29.5 Å². The van der Waals surface area contributed by atoms with E-state index in [1.54, 1.807) is 32.9 Å². The van der Waals surface area contributed by atoms with Crippen molar-refractivity contribution in [2.75, 3.05) is 30.8 Å². The summed E-state index contributed by atoms with van der Waals surface area (Å²) in [6, 6.07) is -0.956. The van der Waals surface area contributed by atoms with E-state index in [1.807, 2.05) is 0 Å². The Balaban J connectivity index is 3.21. The van der Waals surface area contributed by atoms with Crippen LogP contribution in [-0.2, 0) is 64.6 Å². The molecule has 0 heterocycles. The van der Waals surface area contributed by atoms with E-state index in [0.717, 1.165) is 0 Å². The summed E-state index contributed by atoms with van der Waals surface area (Å²) in [5.41, 5.74) is 6.07. The SMILES string of the molecule is CCC(=O)CCOCCC(=O)N[C@H](CCC(=O)O)C(=O)N[C@@H](CS(=O)(=O)O)C(=O)N[C@H](C(=O)N[C@@H](CCCNC(N)=O)C(=O)Nc1ccc(COC(=O)C(C)C)cc1)C(C)C. The molecule has 1 aromatic rings. The van der Waals surface area contributed by atoms with E-state index < -0.39 is 106 Å². The number of carbonyl (C=O) groups is 9. The molecular formula is C38H59N7O15S. The van der Waals surface area contributed by atoms with Gasteiger partial charge in [-0.05, 0) is 42.9 Å². The van der Waals surface area contributed by atoms with E-state index in [9.17, 15) is 61.2 Å². The first-order chi connectivity index (χ1) is 28.5. The van der Waals surface area contributed by atoms with Gasteiger partial charge in [0.25, 0.3) is 10.1 Å². The topological polar surface area (TPSA) is 345 Å². The Morgan fingerprint density at radius 3 is 1.90 bits per heavy atom. The molecule has 4 atom stereocenters. The van der Waals surface area contributed by atoms with Crippen LogP contribution in [0.4, 0.5) is 10.5 Å². The molecule has 0 saturated heterocycles. The molecular weight excluding hydrogens is 827 g/mol. The number of primary amides is 1. The predicted octanol–water partition coefficient (Wildman–Crippen LogP) is -0.104. The molecule has 1 rings (SSSR count). The summed E-state index contributed by atoms with van der Waals surface area (Å²) in [6.07, 6.45) is -0.893. The molecule has 0 saturated carbocycles. The number of benzene rings is 1. The summed E-state index contributed by atoms with van der Waals surface area (Å²) in [5.74, 6) is -9.09. The summed E-state index contributed by atoms with van der Waals surface area (Å²) < 4.78 is 44.1. The number of anilines is 1. The highest BCUT2D eigenvalue weighted by molar-refractivity contribution is 7.85. The van der Waals surface area contributed by atoms with Crippen molar-refractivity contribution < 1.29 is 70.7 Å². The minimum Gasteiger partial charge on any atom is -0.481 e. The average molecular weight is 886 g/mol. The van der Waals surface area contributed by atoms with Crippen molar-refractivity contribution in [2.45, 2.75) is 110 Å². The molecule has 10 N–H and O–H groups in total. The molecule has 0 unspecified atom stereocenters. The van der Waals surface area contributed by atoms with E-state index in [4.69, 9.17) is 15.2 Å². The van der Waals surface area contributed by atoms with Crippen LogP contribution >= 0.6 is 0 Å². The zero-order valence-corrected chi connectivity index (χ0v) is 35.8. The number of urea groups is 1. The number of ketones is 1. The number of carboxylic acids is 1. The third kappa shape index (κ3) is 23.0. The molecule has 22 nitrogen and oxygen atoms in total. The van der Waals surface area contributed by atoms with Gasteiger partial charge in [0.05, 0.1) is 19.1 Å². The molecule has 0 fully saturated rings. The highest BCUT2D eigenvalue weighted by atomic mass is 32.2. The lowest BCUT2D eigenvalue weighted by Gasteiger charge is -2.28. The van der Waals surface area contributed by atoms with Crippen LogP contribution in [0.2, 0.25) is 0 Å². The quantitative estimate of drug-likeness (QED) is 0.0288. The Kier molecular flexibility index (Phi) is 23.8. The van der Waals surface area contributed by atoms with Crippen molar-refractivity contribution in [1.29, 1.82) is 0 Å². The second-order valence-electron chi connectivity index (χ2n) is 14.5. The van der Waals surface area contributed by atoms with E-state index in [-0.39, 0.29) is 63.7 Å². The van der Waals surface area contributed by atoms with E-state index in [2.05, 4.69) is 31.9 Å². The van der Waals surface area contributed by atoms with Gasteiger partial charge in [0, 0.05) is 37.9 Å². The fourth-order valence-corrected chi connectivity index (χ4v) is 5.83. The van der Waals surface area contributed by atoms with Crippen LogP contribution in [0.1, 0.15) is 85.1 Å². The number of Topliss-reactive ketones (excluding diaryl/α,β-unsaturated/α-hetero) is 1. The van der Waals surface area contributed by atoms with Gasteiger partial charge in [-0.2, -0.15) is 8.42 Å². The Labute approximate surface area is 354 Å². The number of nitrogens with one attached hydrogen (secondary N) is 6. The minimum absolute atomic E-state index is 0.00356. The third-order valence-corrected chi connectivity index (χ3v) is 9.38. The monoisotopic (exact) mass is 885 g/mol. The number of amides is 7. The number of ether oxygens (including phenoxy) is 2. The van der Waals surface area contributed by atoms with Crippen molar-refractivity contribution in [3.8, 4) is 0 Å². The van der Waals surface area contributed by atoms with Crippen LogP contribution in [0, 0.1) is 11.8 Å². The first kappa shape index (κ1) is 53.3. The van der Waals surface area contributed by atoms with E-state index >= 15 is 0 Å². The summed E-state index contributed by atoms with van der Waals surface area (Å²) >= 11 is 0. The van der Waals surface area contributed by atoms with Crippen LogP contribution in [0.3, 0.4) is 0 Å². The van der Waals surface area contributed by atoms with Crippen LogP contribution in [0.5, 0.6) is 0 Å². The van der Waals surface area contributed by atoms with Crippen molar-refractivity contribution in [1.82, 2.24) is 26.6 Å². The number of carbonyl (C=O) groups excluding carboxylic acids is 8. The Morgan fingerprint density at radius 2 is 1.34 bits per heavy atom. The molecule has 0 aromatic heterocycles. The maximum Gasteiger partial charge on any atom is 0.312 e. The third-order valence-electron chi connectivity index (χ3n) is 8.62. The van der Waals surface area contributed by atoms with Crippen LogP contribution in [0.25, 0.3) is 0 Å². The highest BCUT2D eigenvalue weighted by Crippen LogP contribution is 2.14. The summed E-state index contributed by atoms with van der Waals surface area (Å²) in [4.78, 5) is 113. The molecule has 342 valence electrons. The smallest absolute Gasteiger partial charge is 0.312 e. The highest BCUT2D eigenvalue weighted by Gasteiger charge is 2.35. The molecule has 61 heavy (non-hydrogen) atoms. The maximum atomic E-state index is 13.7. The fourth-order valence-electron chi connectivity index (χ4n) is 5.17. The normalized spacial score (nSPS) is 13.2. The predicted molar refractivity (Wildman–Crippen MR) is 218 cm³/mol. The van der Waals surface area contributed by atoms with E-state index in [1.165, 1.54) is 26.0 Å². The molecule has 0 bridgehead atoms. The molecule has 0 aliphatic carbocycles. The molecule has 0 radical (unpaired) electrons. The molecule has 7 amide bonds. The lowest BCUT2D eigenvalue weighted by molar-refractivity contribution is -0.148. The minimum atomic E-state index is -4.99. The van der Waals surface area contributed by atoms with Crippen molar-refractivity contribution in [3.63, 3.8) is 0 Å². The summed E-state index contributed by atoms with van der Waals surface area (Å²) in [7, 11) is -4.99. The number of nitrogens with two attached hydrogens (primary N) is 1. The largest absolute Gasteiger partial charge is 0.481 e. The number of aliphatic carboxylic acids is 1. The standard InChI is InChI=1S/C38H59N7O15S/c1-6-26(46)15-18-59-19-16-30(47)42-28(13-14-31(48)49)34(51)44-29(21-61(56,57)58)35(52)45-32(22(2)3)36(53)43-27(8-7-17-40-38(39)55)33(50)41-25-11-9-24(10-12-25)20-60-37(54)23(4)5/h9-12,22-23,27-29,32H,6-8,13-21H2,1-5H3,(H,41,50)(H,42,47)(H,43,53)(H,44,51)(H,45,52)(H,48,49)(H3,39,40,55)(H,56,57,58)/t27-,28+,29-,32-/m0/s1. The zero-order valence-electron chi connectivity index (χ0n) is 34.9. The Hall–Kier alpha value is -5.68. The lowest BCUT2D eigenvalue weighted by Crippen LogP contribution is -2.60. The maximum absolute atomic E-state index is 13.7. The van der Waals surface area contributed by atoms with Crippen LogP contribution in [0.15, 0.2) is 24.3 Å². The molecule has 0 spiro atoms. The second kappa shape index (κ2) is 27.2.